The third-order valence-electron chi connectivity index (χ3n) is 11.9. The fraction of sp³-hybridized carbons (Fsp3) is 0. The quantitative estimate of drug-likeness (QED) is 0.151. The van der Waals surface area contributed by atoms with Gasteiger partial charge in [-0.2, -0.15) is 0 Å². The van der Waals surface area contributed by atoms with E-state index in [2.05, 4.69) is 66.7 Å². The van der Waals surface area contributed by atoms with Gasteiger partial charge in [0.25, 0.3) is 0 Å². The van der Waals surface area contributed by atoms with Crippen molar-refractivity contribution in [2.75, 3.05) is 9.80 Å². The van der Waals surface area contributed by atoms with Gasteiger partial charge in [0.15, 0.2) is 11.6 Å². The number of nitrogens with zero attached hydrogens (tertiary/aromatic N) is 6. The van der Waals surface area contributed by atoms with Gasteiger partial charge in [0.2, 0.25) is 0 Å². The van der Waals surface area contributed by atoms with E-state index in [0.717, 1.165) is 94.4 Å². The lowest BCUT2D eigenvalue weighted by molar-refractivity contribution is 0.487. The van der Waals surface area contributed by atoms with Crippen molar-refractivity contribution in [1.82, 2.24) is 19.9 Å². The number of aromatic nitrogens is 4. The van der Waals surface area contributed by atoms with E-state index in [1.54, 1.807) is 36.7 Å². The zero-order valence-corrected chi connectivity index (χ0v) is 34.5. The molecule has 11 aromatic rings. The highest BCUT2D eigenvalue weighted by atomic mass is 19.1. The van der Waals surface area contributed by atoms with E-state index < -0.39 is 0 Å². The number of fused-ring (bicyclic) bond motifs is 4. The molecule has 0 aliphatic carbocycles. The Morgan fingerprint density at radius 3 is 1.42 bits per heavy atom. The van der Waals surface area contributed by atoms with Crippen LogP contribution in [0.4, 0.5) is 42.9 Å². The van der Waals surface area contributed by atoms with Crippen LogP contribution in [0.5, 0.6) is 11.5 Å². The van der Waals surface area contributed by atoms with E-state index >= 15 is 0 Å². The Bertz CT molecular complexity index is 3600. The number of ether oxygens (including phenoxy) is 1. The van der Waals surface area contributed by atoms with Crippen LogP contribution in [0, 0.1) is 11.6 Å². The molecule has 0 spiro atoms. The third-order valence-corrected chi connectivity index (χ3v) is 11.9. The minimum atomic E-state index is -0.308. The van der Waals surface area contributed by atoms with Gasteiger partial charge in [-0.05, 0) is 130 Å². The van der Waals surface area contributed by atoms with Crippen molar-refractivity contribution >= 4 is 66.4 Å². The number of anilines is 6. The monoisotopic (exact) mass is 844 g/mol. The number of halogens is 2. The van der Waals surface area contributed by atoms with Crippen molar-refractivity contribution in [2.24, 2.45) is 0 Å². The lowest BCUT2D eigenvalue weighted by Crippen LogP contribution is -2.11. The number of benzene rings is 9. The Kier molecular flexibility index (Phi) is 9.05. The third kappa shape index (κ3) is 6.83. The Morgan fingerprint density at radius 1 is 0.354 bits per heavy atom. The number of hydrogen-bond acceptors (Lipinski definition) is 7. The maximum atomic E-state index is 14.1. The Labute approximate surface area is 372 Å². The van der Waals surface area contributed by atoms with Crippen molar-refractivity contribution in [3.05, 3.63) is 218 Å². The molecule has 0 bridgehead atoms. The van der Waals surface area contributed by atoms with Crippen molar-refractivity contribution in [2.45, 2.75) is 0 Å². The largest absolute Gasteiger partial charge is 0.456 e. The Hall–Kier alpha value is -8.82. The maximum Gasteiger partial charge on any atom is 0.159 e. The molecule has 12 rings (SSSR count). The van der Waals surface area contributed by atoms with E-state index in [-0.39, 0.29) is 11.6 Å². The van der Waals surface area contributed by atoms with Crippen LogP contribution in [0.15, 0.2) is 207 Å². The van der Waals surface area contributed by atoms with Crippen LogP contribution in [-0.2, 0) is 0 Å². The Balaban J connectivity index is 0.860. The fourth-order valence-electron chi connectivity index (χ4n) is 8.83. The molecule has 0 N–H and O–H groups in total. The molecule has 0 saturated carbocycles. The van der Waals surface area contributed by atoms with Crippen LogP contribution in [0.1, 0.15) is 0 Å². The van der Waals surface area contributed by atoms with E-state index in [1.165, 1.54) is 24.3 Å². The molecule has 0 fully saturated rings. The van der Waals surface area contributed by atoms with E-state index in [0.29, 0.717) is 17.4 Å². The summed E-state index contributed by atoms with van der Waals surface area (Å²) >= 11 is 0. The highest BCUT2D eigenvalue weighted by Gasteiger charge is 2.24. The average Bonchev–Trinajstić information content (AvgIpc) is 3.36. The second-order valence-electron chi connectivity index (χ2n) is 15.9. The minimum absolute atomic E-state index is 0.307. The topological polar surface area (TPSA) is 67.3 Å². The molecule has 1 aliphatic heterocycles. The van der Waals surface area contributed by atoms with Crippen LogP contribution in [0.25, 0.3) is 66.2 Å². The van der Waals surface area contributed by atoms with E-state index in [9.17, 15) is 8.78 Å². The van der Waals surface area contributed by atoms with E-state index in [1.807, 2.05) is 88.9 Å². The first kappa shape index (κ1) is 37.9. The molecule has 9 heteroatoms. The molecule has 3 heterocycles. The molecule has 9 aromatic carbocycles. The molecule has 7 nitrogen and oxygen atoms in total. The molecular weight excluding hydrogens is 811 g/mol. The summed E-state index contributed by atoms with van der Waals surface area (Å²) < 4.78 is 34.8. The van der Waals surface area contributed by atoms with Crippen LogP contribution in [0.2, 0.25) is 0 Å². The summed E-state index contributed by atoms with van der Waals surface area (Å²) in [5.41, 5.74) is 8.48. The first-order valence-corrected chi connectivity index (χ1v) is 21.1. The van der Waals surface area contributed by atoms with Crippen LogP contribution in [-0.4, -0.2) is 19.9 Å². The standard InChI is InChI=1S/C56H34F2N6O/c57-40-15-21-42(22-16-40)63(44-19-12-35-6-1-3-8-37(35)28-44)46-31-59-55(60-32-46)39-14-25-48-50-26-27-51(49-10-5-11-52(54(49)50)65-53(48)30-39)56-61-33-47(34-62-56)64(43-23-17-41(58)18-24-43)45-20-13-36-7-2-4-9-38(36)29-45/h1-34H. The smallest absolute Gasteiger partial charge is 0.159 e. The molecule has 308 valence electrons. The minimum Gasteiger partial charge on any atom is -0.456 e. The van der Waals surface area contributed by atoms with Crippen LogP contribution < -0.4 is 14.5 Å². The van der Waals surface area contributed by atoms with Crippen molar-refractivity contribution in [3.8, 4) is 45.4 Å². The molecular formula is C56H34F2N6O. The van der Waals surface area contributed by atoms with Gasteiger partial charge in [0, 0.05) is 44.8 Å². The zero-order chi connectivity index (χ0) is 43.4. The average molecular weight is 845 g/mol. The fourth-order valence-corrected chi connectivity index (χ4v) is 8.83. The predicted octanol–water partition coefficient (Wildman–Crippen LogP) is 15.1. The van der Waals surface area contributed by atoms with Crippen molar-refractivity contribution < 1.29 is 13.5 Å². The molecule has 65 heavy (non-hydrogen) atoms. The molecule has 0 saturated heterocycles. The van der Waals surface area contributed by atoms with Crippen LogP contribution in [0.3, 0.4) is 0 Å². The van der Waals surface area contributed by atoms with Gasteiger partial charge >= 0.3 is 0 Å². The van der Waals surface area contributed by atoms with Gasteiger partial charge in [-0.1, -0.05) is 84.9 Å². The zero-order valence-electron chi connectivity index (χ0n) is 34.5. The van der Waals surface area contributed by atoms with Gasteiger partial charge < -0.3 is 14.5 Å². The van der Waals surface area contributed by atoms with Gasteiger partial charge in [-0.15, -0.1) is 0 Å². The second kappa shape index (κ2) is 15.5. The summed E-state index contributed by atoms with van der Waals surface area (Å²) in [5.74, 6) is 1.91. The molecule has 2 aromatic heterocycles. The Morgan fingerprint density at radius 2 is 0.846 bits per heavy atom. The summed E-state index contributed by atoms with van der Waals surface area (Å²) in [6.07, 6.45) is 7.19. The lowest BCUT2D eigenvalue weighted by Gasteiger charge is -2.25. The number of hydrogen-bond donors (Lipinski definition) is 0. The molecule has 0 unspecified atom stereocenters. The van der Waals surface area contributed by atoms with E-state index in [4.69, 9.17) is 24.7 Å². The highest BCUT2D eigenvalue weighted by Crippen LogP contribution is 2.49. The molecule has 0 radical (unpaired) electrons. The summed E-state index contributed by atoms with van der Waals surface area (Å²) in [6.45, 7) is 0. The summed E-state index contributed by atoms with van der Waals surface area (Å²) in [6, 6.07) is 57.9. The summed E-state index contributed by atoms with van der Waals surface area (Å²) in [4.78, 5) is 23.5. The summed E-state index contributed by atoms with van der Waals surface area (Å²) in [5, 5.41) is 6.36. The van der Waals surface area contributed by atoms with Gasteiger partial charge in [0.1, 0.15) is 23.1 Å². The van der Waals surface area contributed by atoms with Gasteiger partial charge in [-0.3, -0.25) is 0 Å². The number of rotatable bonds is 8. The predicted molar refractivity (Wildman–Crippen MR) is 256 cm³/mol. The van der Waals surface area contributed by atoms with Crippen molar-refractivity contribution in [1.29, 1.82) is 0 Å². The molecule has 1 aliphatic rings. The normalized spacial score (nSPS) is 11.7. The van der Waals surface area contributed by atoms with Gasteiger partial charge in [-0.25, -0.2) is 28.7 Å². The first-order chi connectivity index (χ1) is 32.0. The van der Waals surface area contributed by atoms with Crippen LogP contribution >= 0.6 is 0 Å². The lowest BCUT2D eigenvalue weighted by atomic mass is 9.91. The van der Waals surface area contributed by atoms with Crippen molar-refractivity contribution in [3.63, 3.8) is 0 Å². The molecule has 0 atom stereocenters. The molecule has 0 amide bonds. The maximum absolute atomic E-state index is 14.1. The summed E-state index contributed by atoms with van der Waals surface area (Å²) in [7, 11) is 0. The highest BCUT2D eigenvalue weighted by molar-refractivity contribution is 6.09. The first-order valence-electron chi connectivity index (χ1n) is 21.1. The SMILES string of the molecule is Fc1ccc(N(c2cnc(-c3ccc4c(c3)Oc3cccc5c(-c6ncc(N(c7ccc(F)cc7)c7ccc8ccccc8c7)cn6)ccc-4c35)nc2)c2ccc3ccccc3c2)cc1. The second-order valence-corrected chi connectivity index (χ2v) is 15.9. The van der Waals surface area contributed by atoms with Gasteiger partial charge in [0.05, 0.1) is 36.2 Å².